The van der Waals surface area contributed by atoms with Crippen molar-refractivity contribution < 1.29 is 49.3 Å². The van der Waals surface area contributed by atoms with Gasteiger partial charge in [0, 0.05) is 12.8 Å². The van der Waals surface area contributed by atoms with Crippen LogP contribution < -0.4 is 5.32 Å². The van der Waals surface area contributed by atoms with Crippen LogP contribution in [0.4, 0.5) is 0 Å². The zero-order chi connectivity index (χ0) is 65.1. The molecule has 0 radical (unpaired) electrons. The van der Waals surface area contributed by atoms with Crippen molar-refractivity contribution in [2.75, 3.05) is 19.8 Å². The Kier molecular flexibility index (Phi) is 64.3. The number of ether oxygens (including phenoxy) is 3. The molecular weight excluding hydrogens is 1120 g/mol. The summed E-state index contributed by atoms with van der Waals surface area (Å²) in [6.07, 6.45) is 81.2. The van der Waals surface area contributed by atoms with Crippen LogP contribution in [0.5, 0.6) is 0 Å². The minimum Gasteiger partial charge on any atom is -0.466 e. The van der Waals surface area contributed by atoms with Gasteiger partial charge in [0.2, 0.25) is 5.91 Å². The van der Waals surface area contributed by atoms with Crippen molar-refractivity contribution in [3.8, 4) is 0 Å². The van der Waals surface area contributed by atoms with Crippen LogP contribution in [-0.4, -0.2) is 100 Å². The van der Waals surface area contributed by atoms with Crippen molar-refractivity contribution in [2.24, 2.45) is 0 Å². The van der Waals surface area contributed by atoms with Gasteiger partial charge in [0.05, 0.1) is 32.0 Å². The van der Waals surface area contributed by atoms with Crippen molar-refractivity contribution in [1.82, 2.24) is 5.32 Å². The highest BCUT2D eigenvalue weighted by Gasteiger charge is 2.44. The predicted molar refractivity (Wildman–Crippen MR) is 380 cm³/mol. The molecule has 1 saturated heterocycles. The van der Waals surface area contributed by atoms with Crippen LogP contribution in [0.15, 0.2) is 60.8 Å². The molecular formula is C79H145NO10. The molecule has 1 aliphatic rings. The van der Waals surface area contributed by atoms with Gasteiger partial charge in [-0.25, -0.2) is 0 Å². The maximum Gasteiger partial charge on any atom is 0.305 e. The quantitative estimate of drug-likeness (QED) is 0.0195. The first kappa shape index (κ1) is 85.4. The second-order valence-electron chi connectivity index (χ2n) is 26.7. The van der Waals surface area contributed by atoms with Crippen LogP contribution >= 0.6 is 0 Å². The number of allylic oxidation sites excluding steroid dienone is 9. The van der Waals surface area contributed by atoms with E-state index in [0.29, 0.717) is 19.4 Å². The first-order chi connectivity index (χ1) is 44.2. The van der Waals surface area contributed by atoms with Gasteiger partial charge in [-0.3, -0.25) is 9.59 Å². The Hall–Kier alpha value is -2.64. The minimum absolute atomic E-state index is 0.000965. The summed E-state index contributed by atoms with van der Waals surface area (Å²) in [6.45, 7) is 4.32. The Morgan fingerprint density at radius 2 is 0.744 bits per heavy atom. The molecule has 0 saturated carbocycles. The summed E-state index contributed by atoms with van der Waals surface area (Å²) in [6, 6.07) is -0.807. The Morgan fingerprint density at radius 3 is 1.13 bits per heavy atom. The van der Waals surface area contributed by atoms with Crippen molar-refractivity contribution >= 4 is 11.9 Å². The van der Waals surface area contributed by atoms with Crippen molar-refractivity contribution in [2.45, 2.75) is 410 Å². The van der Waals surface area contributed by atoms with Crippen LogP contribution in [0.1, 0.15) is 367 Å². The number of hydrogen-bond acceptors (Lipinski definition) is 10. The third kappa shape index (κ3) is 55.8. The van der Waals surface area contributed by atoms with E-state index in [-0.39, 0.29) is 18.5 Å². The smallest absolute Gasteiger partial charge is 0.305 e. The van der Waals surface area contributed by atoms with Crippen LogP contribution in [0.25, 0.3) is 0 Å². The number of esters is 1. The van der Waals surface area contributed by atoms with Crippen LogP contribution in [0, 0.1) is 0 Å². The molecule has 0 bridgehead atoms. The van der Waals surface area contributed by atoms with E-state index in [9.17, 15) is 35.1 Å². The molecule has 7 atom stereocenters. The van der Waals surface area contributed by atoms with E-state index >= 15 is 0 Å². The van der Waals surface area contributed by atoms with Crippen molar-refractivity contribution in [1.29, 1.82) is 0 Å². The number of hydrogen-bond donors (Lipinski definition) is 6. The highest BCUT2D eigenvalue weighted by atomic mass is 16.7. The molecule has 6 N–H and O–H groups in total. The number of aliphatic hydroxyl groups excluding tert-OH is 5. The average Bonchev–Trinajstić information content (AvgIpc) is 1.55. The number of carbonyl (C=O) groups is 2. The lowest BCUT2D eigenvalue weighted by atomic mass is 9.99. The van der Waals surface area contributed by atoms with Crippen LogP contribution in [-0.2, 0) is 23.8 Å². The van der Waals surface area contributed by atoms with Gasteiger partial charge in [-0.2, -0.15) is 0 Å². The van der Waals surface area contributed by atoms with Crippen molar-refractivity contribution in [3.05, 3.63) is 60.8 Å². The molecule has 1 rings (SSSR count). The molecule has 11 nitrogen and oxygen atoms in total. The number of amides is 1. The van der Waals surface area contributed by atoms with E-state index in [0.717, 1.165) is 70.6 Å². The number of unbranched alkanes of at least 4 members (excludes halogenated alkanes) is 46. The van der Waals surface area contributed by atoms with Gasteiger partial charge in [-0.05, 0) is 96.3 Å². The van der Waals surface area contributed by atoms with E-state index in [2.05, 4.69) is 67.8 Å². The van der Waals surface area contributed by atoms with Gasteiger partial charge < -0.3 is 45.1 Å². The first-order valence-corrected chi connectivity index (χ1v) is 38.6. The number of carbonyl (C=O) groups excluding carboxylic acids is 2. The Bertz CT molecular complexity index is 1680. The van der Waals surface area contributed by atoms with Gasteiger partial charge in [0.15, 0.2) is 6.29 Å². The van der Waals surface area contributed by atoms with Gasteiger partial charge >= 0.3 is 5.97 Å². The van der Waals surface area contributed by atoms with Gasteiger partial charge in [-0.1, -0.05) is 319 Å². The van der Waals surface area contributed by atoms with Crippen LogP contribution in [0.2, 0.25) is 0 Å². The van der Waals surface area contributed by atoms with E-state index < -0.39 is 49.5 Å². The summed E-state index contributed by atoms with van der Waals surface area (Å²) in [7, 11) is 0. The average molecular weight is 1270 g/mol. The van der Waals surface area contributed by atoms with Crippen molar-refractivity contribution in [3.63, 3.8) is 0 Å². The standard InChI is InChI=1S/C79H145NO10/c1-3-5-7-9-11-13-14-15-16-41-44-47-51-55-59-63-67-75(84)88-68-64-60-56-52-48-45-42-39-37-35-33-31-29-27-25-23-21-19-17-18-20-22-24-26-28-30-32-34-36-38-40-43-46-50-54-58-62-66-74(83)80-71(72(82)65-61-57-53-49-12-10-8-6-4-2)70-89-79-78(87)77(86)76(85)73(69-81)90-79/h13-14,16-17,19,23,25,41,61,65,71-73,76-79,81-82,85-87H,3-12,15,18,20-22,24,26-40,42-60,62-64,66-70H2,1-2H3,(H,80,83)/b14-13-,19-17-,25-23-,41-16-,65-61+. The van der Waals surface area contributed by atoms with Gasteiger partial charge in [-0.15, -0.1) is 0 Å². The summed E-state index contributed by atoms with van der Waals surface area (Å²) in [5.74, 6) is -0.181. The zero-order valence-electron chi connectivity index (χ0n) is 58.6. The number of nitrogens with one attached hydrogen (secondary N) is 1. The third-order valence-electron chi connectivity index (χ3n) is 18.1. The Morgan fingerprint density at radius 1 is 0.411 bits per heavy atom. The fraction of sp³-hybridized carbons (Fsp3) is 0.848. The summed E-state index contributed by atoms with van der Waals surface area (Å²) in [5.41, 5.74) is 0. The van der Waals surface area contributed by atoms with E-state index in [1.54, 1.807) is 6.08 Å². The topological polar surface area (TPSA) is 175 Å². The SMILES string of the molecule is CCCCCC/C=C\C/C=C\CCCCCCCC(=O)OCCCCCCCCCCCCCCC/C=C\C/C=C\CCCCCCCCCCCCCCCCCCCC(=O)NC(COC1OC(CO)C(O)C(O)C1O)C(O)/C=C/CCCCCCCCC. The number of rotatable bonds is 68. The molecule has 0 aromatic heterocycles. The second-order valence-corrected chi connectivity index (χ2v) is 26.7. The summed E-state index contributed by atoms with van der Waals surface area (Å²) in [4.78, 5) is 25.1. The Labute approximate surface area is 554 Å². The molecule has 0 aliphatic carbocycles. The van der Waals surface area contributed by atoms with E-state index in [4.69, 9.17) is 14.2 Å². The molecule has 0 aromatic carbocycles. The largest absolute Gasteiger partial charge is 0.466 e. The third-order valence-corrected chi connectivity index (χ3v) is 18.1. The zero-order valence-corrected chi connectivity index (χ0v) is 58.6. The van der Waals surface area contributed by atoms with E-state index in [1.807, 2.05) is 6.08 Å². The normalized spacial score (nSPS) is 18.0. The molecule has 1 heterocycles. The molecule has 11 heteroatoms. The molecule has 1 fully saturated rings. The van der Waals surface area contributed by atoms with Gasteiger partial charge in [0.25, 0.3) is 0 Å². The maximum atomic E-state index is 13.0. The monoisotopic (exact) mass is 1270 g/mol. The molecule has 526 valence electrons. The molecule has 90 heavy (non-hydrogen) atoms. The lowest BCUT2D eigenvalue weighted by Crippen LogP contribution is -2.60. The lowest BCUT2D eigenvalue weighted by Gasteiger charge is -2.40. The fourth-order valence-corrected chi connectivity index (χ4v) is 12.0. The summed E-state index contributed by atoms with van der Waals surface area (Å²) < 4.78 is 16.7. The Balaban J connectivity index is 1.88. The second kappa shape index (κ2) is 67.8. The molecule has 0 aromatic rings. The summed E-state index contributed by atoms with van der Waals surface area (Å²) >= 11 is 0. The minimum atomic E-state index is -1.57. The molecule has 0 spiro atoms. The number of aliphatic hydroxyl groups is 5. The highest BCUT2D eigenvalue weighted by molar-refractivity contribution is 5.76. The lowest BCUT2D eigenvalue weighted by molar-refractivity contribution is -0.302. The van der Waals surface area contributed by atoms with E-state index in [1.165, 1.54) is 270 Å². The van der Waals surface area contributed by atoms with Crippen LogP contribution in [0.3, 0.4) is 0 Å². The molecule has 7 unspecified atom stereocenters. The maximum absolute atomic E-state index is 13.0. The first-order valence-electron chi connectivity index (χ1n) is 38.6. The fourth-order valence-electron chi connectivity index (χ4n) is 12.0. The predicted octanol–water partition coefficient (Wildman–Crippen LogP) is 20.5. The molecule has 1 amide bonds. The highest BCUT2D eigenvalue weighted by Crippen LogP contribution is 2.23. The summed E-state index contributed by atoms with van der Waals surface area (Å²) in [5, 5.41) is 54.3. The molecule has 1 aliphatic heterocycles. The van der Waals surface area contributed by atoms with Gasteiger partial charge in [0.1, 0.15) is 24.4 Å².